The molecule has 0 aliphatic rings. The summed E-state index contributed by atoms with van der Waals surface area (Å²) in [5, 5.41) is 23.1. The summed E-state index contributed by atoms with van der Waals surface area (Å²) in [6.07, 6.45) is 1.44. The lowest BCUT2D eigenvalue weighted by atomic mass is 10.2. The van der Waals surface area contributed by atoms with Gasteiger partial charge in [0.05, 0.1) is 21.7 Å². The Morgan fingerprint density at radius 3 is 2.81 bits per heavy atom. The number of phenolic OH excluding ortho intramolecular Hbond substituents is 2. The third-order valence-electron chi connectivity index (χ3n) is 2.86. The number of benzene rings is 2. The molecule has 0 atom stereocenters. The molecule has 0 saturated carbocycles. The molecule has 6 nitrogen and oxygen atoms in total. The first-order valence-electron chi connectivity index (χ1n) is 6.09. The number of fused-ring (bicyclic) bond motifs is 1. The van der Waals surface area contributed by atoms with Crippen molar-refractivity contribution in [2.45, 2.75) is 0 Å². The monoisotopic (exact) mass is 346 g/mol. The standard InChI is InChI=1S/C14H11BrN4O2/c15-9-5-8(12(20)6-13(9)21)7-16-19-14-17-10-3-1-2-4-11(10)18-14/h1-7,20-21H,(H2,17,18,19)/b16-7-. The summed E-state index contributed by atoms with van der Waals surface area (Å²) in [6, 6.07) is 10.4. The maximum Gasteiger partial charge on any atom is 0.222 e. The average molecular weight is 347 g/mol. The highest BCUT2D eigenvalue weighted by Gasteiger charge is 2.05. The van der Waals surface area contributed by atoms with E-state index in [0.29, 0.717) is 16.0 Å². The average Bonchev–Trinajstić information content (AvgIpc) is 2.87. The summed E-state index contributed by atoms with van der Waals surface area (Å²) in [5.41, 5.74) is 4.97. The van der Waals surface area contributed by atoms with Crippen LogP contribution in [0, 0.1) is 0 Å². The van der Waals surface area contributed by atoms with E-state index in [9.17, 15) is 10.2 Å². The van der Waals surface area contributed by atoms with E-state index in [2.05, 4.69) is 36.4 Å². The van der Waals surface area contributed by atoms with Gasteiger partial charge in [-0.3, -0.25) is 0 Å². The van der Waals surface area contributed by atoms with Crippen molar-refractivity contribution in [3.8, 4) is 11.5 Å². The number of hydrogen-bond donors (Lipinski definition) is 4. The van der Waals surface area contributed by atoms with Gasteiger partial charge in [-0.25, -0.2) is 10.4 Å². The van der Waals surface area contributed by atoms with Crippen LogP contribution < -0.4 is 5.43 Å². The van der Waals surface area contributed by atoms with Crippen molar-refractivity contribution >= 4 is 39.1 Å². The van der Waals surface area contributed by atoms with E-state index in [1.165, 1.54) is 12.3 Å². The molecule has 3 rings (SSSR count). The van der Waals surface area contributed by atoms with E-state index < -0.39 is 0 Å². The van der Waals surface area contributed by atoms with Crippen molar-refractivity contribution in [3.05, 3.63) is 46.4 Å². The Bertz CT molecular complexity index is 796. The lowest BCUT2D eigenvalue weighted by molar-refractivity contribution is 0.448. The SMILES string of the molecule is Oc1cc(O)c(/C=N\Nc2nc3ccccc3[nH]2)cc1Br. The van der Waals surface area contributed by atoms with Gasteiger partial charge in [0.1, 0.15) is 11.5 Å². The Labute approximate surface area is 128 Å². The molecule has 0 radical (unpaired) electrons. The molecule has 2 aromatic carbocycles. The number of anilines is 1. The van der Waals surface area contributed by atoms with Crippen LogP contribution in [0.25, 0.3) is 11.0 Å². The summed E-state index contributed by atoms with van der Waals surface area (Å²) in [7, 11) is 0. The van der Waals surface area contributed by atoms with Crippen LogP contribution in [0.5, 0.6) is 11.5 Å². The normalized spacial score (nSPS) is 11.3. The van der Waals surface area contributed by atoms with Crippen LogP contribution in [-0.4, -0.2) is 26.4 Å². The maximum absolute atomic E-state index is 9.70. The Kier molecular flexibility index (Phi) is 3.49. The van der Waals surface area contributed by atoms with Crippen molar-refractivity contribution < 1.29 is 10.2 Å². The zero-order valence-corrected chi connectivity index (χ0v) is 12.3. The minimum atomic E-state index is -0.0640. The number of aromatic amines is 1. The minimum absolute atomic E-state index is 0.0325. The highest BCUT2D eigenvalue weighted by Crippen LogP contribution is 2.30. The Morgan fingerprint density at radius 1 is 1.19 bits per heavy atom. The number of aromatic hydroxyl groups is 2. The first kappa shape index (κ1) is 13.4. The van der Waals surface area contributed by atoms with Crippen molar-refractivity contribution in [1.82, 2.24) is 9.97 Å². The molecular weight excluding hydrogens is 336 g/mol. The van der Waals surface area contributed by atoms with Crippen molar-refractivity contribution in [1.29, 1.82) is 0 Å². The molecule has 0 amide bonds. The molecule has 3 aromatic rings. The molecule has 0 aliphatic heterocycles. The van der Waals surface area contributed by atoms with Gasteiger partial charge in [0.15, 0.2) is 0 Å². The third kappa shape index (κ3) is 2.82. The maximum atomic E-state index is 9.70. The molecule has 0 saturated heterocycles. The molecule has 4 N–H and O–H groups in total. The summed E-state index contributed by atoms with van der Waals surface area (Å²) in [5.74, 6) is 0.408. The number of H-pyrrole nitrogens is 1. The van der Waals surface area contributed by atoms with Crippen molar-refractivity contribution in [3.63, 3.8) is 0 Å². The molecule has 106 valence electrons. The summed E-state index contributed by atoms with van der Waals surface area (Å²) in [4.78, 5) is 7.38. The summed E-state index contributed by atoms with van der Waals surface area (Å²) in [6.45, 7) is 0. The number of nitrogens with zero attached hydrogens (tertiary/aromatic N) is 2. The number of imidazole rings is 1. The predicted octanol–water partition coefficient (Wildman–Crippen LogP) is 3.18. The molecule has 0 fully saturated rings. The third-order valence-corrected chi connectivity index (χ3v) is 3.49. The zero-order valence-electron chi connectivity index (χ0n) is 10.7. The minimum Gasteiger partial charge on any atom is -0.507 e. The first-order chi connectivity index (χ1) is 10.1. The number of halogens is 1. The largest absolute Gasteiger partial charge is 0.507 e. The topological polar surface area (TPSA) is 93.5 Å². The number of hydrogen-bond acceptors (Lipinski definition) is 5. The van der Waals surface area contributed by atoms with E-state index in [1.54, 1.807) is 6.07 Å². The predicted molar refractivity (Wildman–Crippen MR) is 84.8 cm³/mol. The first-order valence-corrected chi connectivity index (χ1v) is 6.88. The highest BCUT2D eigenvalue weighted by molar-refractivity contribution is 9.10. The Balaban J connectivity index is 1.79. The second-order valence-corrected chi connectivity index (χ2v) is 5.19. The molecule has 7 heteroatoms. The van der Waals surface area contributed by atoms with Crippen LogP contribution in [0.4, 0.5) is 5.95 Å². The molecule has 1 heterocycles. The lowest BCUT2D eigenvalue weighted by Crippen LogP contribution is -1.92. The fraction of sp³-hybridized carbons (Fsp3) is 0. The van der Waals surface area contributed by atoms with E-state index in [0.717, 1.165) is 11.0 Å². The molecule has 0 bridgehead atoms. The van der Waals surface area contributed by atoms with Gasteiger partial charge in [-0.2, -0.15) is 5.10 Å². The van der Waals surface area contributed by atoms with E-state index in [-0.39, 0.29) is 11.5 Å². The second-order valence-electron chi connectivity index (χ2n) is 4.33. The van der Waals surface area contributed by atoms with Gasteiger partial charge in [0.25, 0.3) is 0 Å². The van der Waals surface area contributed by atoms with Crippen LogP contribution in [-0.2, 0) is 0 Å². The molecule has 1 aromatic heterocycles. The second kappa shape index (κ2) is 5.45. The zero-order chi connectivity index (χ0) is 14.8. The molecule has 21 heavy (non-hydrogen) atoms. The molecular formula is C14H11BrN4O2. The van der Waals surface area contributed by atoms with Gasteiger partial charge >= 0.3 is 0 Å². The summed E-state index contributed by atoms with van der Waals surface area (Å²) >= 11 is 3.18. The van der Waals surface area contributed by atoms with Gasteiger partial charge in [0.2, 0.25) is 5.95 Å². The number of aromatic nitrogens is 2. The molecule has 0 unspecified atom stereocenters. The van der Waals surface area contributed by atoms with Gasteiger partial charge in [-0.1, -0.05) is 12.1 Å². The quantitative estimate of drug-likeness (QED) is 0.432. The molecule has 0 spiro atoms. The van der Waals surface area contributed by atoms with E-state index in [4.69, 9.17) is 0 Å². The number of hydrazone groups is 1. The van der Waals surface area contributed by atoms with Crippen LogP contribution >= 0.6 is 15.9 Å². The van der Waals surface area contributed by atoms with Gasteiger partial charge in [0, 0.05) is 11.6 Å². The Hall–Kier alpha value is -2.54. The highest BCUT2D eigenvalue weighted by atomic mass is 79.9. The van der Waals surface area contributed by atoms with Crippen LogP contribution in [0.15, 0.2) is 46.0 Å². The van der Waals surface area contributed by atoms with Crippen molar-refractivity contribution in [2.75, 3.05) is 5.43 Å². The molecule has 0 aliphatic carbocycles. The van der Waals surface area contributed by atoms with E-state index in [1.807, 2.05) is 24.3 Å². The Morgan fingerprint density at radius 2 is 2.00 bits per heavy atom. The number of nitrogens with one attached hydrogen (secondary N) is 2. The van der Waals surface area contributed by atoms with E-state index >= 15 is 0 Å². The number of para-hydroxylation sites is 2. The van der Waals surface area contributed by atoms with Crippen LogP contribution in [0.2, 0.25) is 0 Å². The van der Waals surface area contributed by atoms with Gasteiger partial charge in [-0.15, -0.1) is 0 Å². The van der Waals surface area contributed by atoms with Crippen LogP contribution in [0.3, 0.4) is 0 Å². The fourth-order valence-corrected chi connectivity index (χ4v) is 2.20. The van der Waals surface area contributed by atoms with Crippen molar-refractivity contribution in [2.24, 2.45) is 5.10 Å². The number of phenols is 2. The number of rotatable bonds is 3. The summed E-state index contributed by atoms with van der Waals surface area (Å²) < 4.78 is 0.477. The van der Waals surface area contributed by atoms with Crippen LogP contribution in [0.1, 0.15) is 5.56 Å². The van der Waals surface area contributed by atoms with Gasteiger partial charge < -0.3 is 15.2 Å². The lowest BCUT2D eigenvalue weighted by Gasteiger charge is -2.02. The smallest absolute Gasteiger partial charge is 0.222 e. The van der Waals surface area contributed by atoms with Gasteiger partial charge in [-0.05, 0) is 34.1 Å². The fourth-order valence-electron chi connectivity index (χ4n) is 1.84.